The van der Waals surface area contributed by atoms with E-state index in [0.29, 0.717) is 6.04 Å². The summed E-state index contributed by atoms with van der Waals surface area (Å²) in [6.07, 6.45) is 8.35. The highest BCUT2D eigenvalue weighted by molar-refractivity contribution is 5.35. The van der Waals surface area contributed by atoms with E-state index in [1.54, 1.807) is 0 Å². The van der Waals surface area contributed by atoms with Crippen molar-refractivity contribution >= 4 is 5.95 Å². The number of nitrogens with zero attached hydrogens (tertiary/aromatic N) is 4. The van der Waals surface area contributed by atoms with Crippen molar-refractivity contribution in [1.29, 1.82) is 0 Å². The van der Waals surface area contributed by atoms with Crippen LogP contribution in [-0.2, 0) is 13.0 Å². The van der Waals surface area contributed by atoms with Gasteiger partial charge in [0, 0.05) is 31.0 Å². The molecule has 96 valence electrons. The van der Waals surface area contributed by atoms with Crippen LogP contribution in [0.15, 0.2) is 18.6 Å². The summed E-state index contributed by atoms with van der Waals surface area (Å²) in [5.74, 6) is 0.993. The van der Waals surface area contributed by atoms with E-state index in [-0.39, 0.29) is 0 Å². The van der Waals surface area contributed by atoms with Gasteiger partial charge in [0.1, 0.15) is 0 Å². The lowest BCUT2D eigenvalue weighted by Crippen LogP contribution is -2.23. The standard InChI is InChI=1S/C13H19N5/c1-3-11-9-18-12(5-6-14-13(18)16-11)10-7-15-17(4-2)8-10/h7-9,12H,3-6H2,1-2H3,(H,14,16). The average Bonchev–Trinajstić information content (AvgIpc) is 3.04. The Bertz CT molecular complexity index is 539. The molecule has 0 spiro atoms. The van der Waals surface area contributed by atoms with Crippen LogP contribution < -0.4 is 5.32 Å². The molecule has 1 aliphatic heterocycles. The maximum absolute atomic E-state index is 4.60. The summed E-state index contributed by atoms with van der Waals surface area (Å²) in [6.45, 7) is 6.14. The predicted octanol–water partition coefficient (Wildman–Crippen LogP) is 2.07. The van der Waals surface area contributed by atoms with Crippen molar-refractivity contribution in [3.63, 3.8) is 0 Å². The minimum Gasteiger partial charge on any atom is -0.356 e. The van der Waals surface area contributed by atoms with Crippen molar-refractivity contribution in [3.8, 4) is 0 Å². The quantitative estimate of drug-likeness (QED) is 0.900. The lowest BCUT2D eigenvalue weighted by molar-refractivity contribution is 0.529. The normalized spacial score (nSPS) is 18.4. The molecule has 0 amide bonds. The largest absolute Gasteiger partial charge is 0.356 e. The first-order chi connectivity index (χ1) is 8.81. The van der Waals surface area contributed by atoms with Crippen molar-refractivity contribution in [1.82, 2.24) is 19.3 Å². The fourth-order valence-corrected chi connectivity index (χ4v) is 2.49. The summed E-state index contributed by atoms with van der Waals surface area (Å²) in [5, 5.41) is 7.73. The number of nitrogens with one attached hydrogen (secondary N) is 1. The number of rotatable bonds is 3. The fourth-order valence-electron chi connectivity index (χ4n) is 2.49. The van der Waals surface area contributed by atoms with Gasteiger partial charge in [0.25, 0.3) is 0 Å². The molecule has 1 unspecified atom stereocenters. The van der Waals surface area contributed by atoms with Crippen LogP contribution in [0.25, 0.3) is 0 Å². The molecular formula is C13H19N5. The van der Waals surface area contributed by atoms with Gasteiger partial charge in [-0.25, -0.2) is 4.98 Å². The molecule has 1 atom stereocenters. The molecule has 2 aromatic rings. The second-order valence-electron chi connectivity index (χ2n) is 4.68. The zero-order valence-electron chi connectivity index (χ0n) is 10.9. The van der Waals surface area contributed by atoms with E-state index < -0.39 is 0 Å². The molecule has 0 saturated carbocycles. The average molecular weight is 245 g/mol. The molecule has 0 aliphatic carbocycles. The molecule has 3 heterocycles. The third kappa shape index (κ3) is 1.79. The Balaban J connectivity index is 1.97. The molecule has 0 saturated heterocycles. The molecule has 0 bridgehead atoms. The number of aromatic nitrogens is 4. The fraction of sp³-hybridized carbons (Fsp3) is 0.538. The van der Waals surface area contributed by atoms with Crippen LogP contribution in [0.4, 0.5) is 5.95 Å². The van der Waals surface area contributed by atoms with Crippen molar-refractivity contribution in [2.75, 3.05) is 11.9 Å². The van der Waals surface area contributed by atoms with Crippen molar-refractivity contribution in [3.05, 3.63) is 29.8 Å². The van der Waals surface area contributed by atoms with Crippen LogP contribution in [0.2, 0.25) is 0 Å². The molecule has 2 aromatic heterocycles. The van der Waals surface area contributed by atoms with Gasteiger partial charge < -0.3 is 9.88 Å². The monoisotopic (exact) mass is 245 g/mol. The van der Waals surface area contributed by atoms with E-state index in [1.165, 1.54) is 5.56 Å². The maximum Gasteiger partial charge on any atom is 0.203 e. The van der Waals surface area contributed by atoms with Gasteiger partial charge >= 0.3 is 0 Å². The maximum atomic E-state index is 4.60. The first kappa shape index (κ1) is 11.3. The molecule has 0 radical (unpaired) electrons. The van der Waals surface area contributed by atoms with Crippen molar-refractivity contribution in [2.24, 2.45) is 0 Å². The molecule has 18 heavy (non-hydrogen) atoms. The number of hydrogen-bond acceptors (Lipinski definition) is 3. The Morgan fingerprint density at radius 1 is 1.39 bits per heavy atom. The Morgan fingerprint density at radius 3 is 3.00 bits per heavy atom. The lowest BCUT2D eigenvalue weighted by atomic mass is 10.1. The topological polar surface area (TPSA) is 47.7 Å². The van der Waals surface area contributed by atoms with E-state index in [4.69, 9.17) is 0 Å². The first-order valence-electron chi connectivity index (χ1n) is 6.65. The van der Waals surface area contributed by atoms with Gasteiger partial charge in [-0.15, -0.1) is 0 Å². The van der Waals surface area contributed by atoms with Gasteiger partial charge in [0.15, 0.2) is 0 Å². The number of imidazole rings is 1. The highest BCUT2D eigenvalue weighted by Crippen LogP contribution is 2.29. The number of hydrogen-bond donors (Lipinski definition) is 1. The van der Waals surface area contributed by atoms with E-state index in [1.807, 2.05) is 10.9 Å². The van der Waals surface area contributed by atoms with Crippen LogP contribution >= 0.6 is 0 Å². The number of fused-ring (bicyclic) bond motifs is 1. The first-order valence-corrected chi connectivity index (χ1v) is 6.65. The molecule has 1 aliphatic rings. The number of anilines is 1. The summed E-state index contributed by atoms with van der Waals surface area (Å²) < 4.78 is 4.23. The lowest BCUT2D eigenvalue weighted by Gasteiger charge is -2.25. The highest BCUT2D eigenvalue weighted by atomic mass is 15.3. The van der Waals surface area contributed by atoms with Gasteiger partial charge in [-0.3, -0.25) is 4.68 Å². The SMILES string of the molecule is CCc1cn2c(n1)NCCC2c1cnn(CC)c1. The van der Waals surface area contributed by atoms with Gasteiger partial charge in [-0.05, 0) is 19.8 Å². The molecule has 3 rings (SSSR count). The van der Waals surface area contributed by atoms with Gasteiger partial charge in [0.2, 0.25) is 5.95 Å². The second-order valence-corrected chi connectivity index (χ2v) is 4.68. The molecule has 0 fully saturated rings. The Hall–Kier alpha value is -1.78. The van der Waals surface area contributed by atoms with Crippen LogP contribution in [-0.4, -0.2) is 25.9 Å². The minimum atomic E-state index is 0.370. The van der Waals surface area contributed by atoms with Crippen molar-refractivity contribution in [2.45, 2.75) is 39.3 Å². The summed E-state index contributed by atoms with van der Waals surface area (Å²) in [4.78, 5) is 4.60. The van der Waals surface area contributed by atoms with Crippen LogP contribution in [0.5, 0.6) is 0 Å². The van der Waals surface area contributed by atoms with Gasteiger partial charge in [-0.2, -0.15) is 5.10 Å². The summed E-state index contributed by atoms with van der Waals surface area (Å²) in [7, 11) is 0. The third-order valence-corrected chi connectivity index (χ3v) is 3.54. The van der Waals surface area contributed by atoms with Crippen LogP contribution in [0.1, 0.15) is 37.6 Å². The summed E-state index contributed by atoms with van der Waals surface area (Å²) >= 11 is 0. The summed E-state index contributed by atoms with van der Waals surface area (Å²) in [6, 6.07) is 0.370. The van der Waals surface area contributed by atoms with E-state index in [0.717, 1.165) is 37.6 Å². The van der Waals surface area contributed by atoms with E-state index in [2.05, 4.69) is 46.2 Å². The minimum absolute atomic E-state index is 0.370. The predicted molar refractivity (Wildman–Crippen MR) is 70.8 cm³/mol. The molecule has 0 aromatic carbocycles. The third-order valence-electron chi connectivity index (χ3n) is 3.54. The molecular weight excluding hydrogens is 226 g/mol. The van der Waals surface area contributed by atoms with Gasteiger partial charge in [-0.1, -0.05) is 6.92 Å². The molecule has 1 N–H and O–H groups in total. The second kappa shape index (κ2) is 4.48. The highest BCUT2D eigenvalue weighted by Gasteiger charge is 2.23. The Morgan fingerprint density at radius 2 is 2.28 bits per heavy atom. The van der Waals surface area contributed by atoms with E-state index >= 15 is 0 Å². The van der Waals surface area contributed by atoms with Crippen molar-refractivity contribution < 1.29 is 0 Å². The smallest absolute Gasteiger partial charge is 0.203 e. The van der Waals surface area contributed by atoms with Gasteiger partial charge in [0.05, 0.1) is 17.9 Å². The van der Waals surface area contributed by atoms with Crippen LogP contribution in [0.3, 0.4) is 0 Å². The summed E-state index contributed by atoms with van der Waals surface area (Å²) in [5.41, 5.74) is 2.42. The Kier molecular flexibility index (Phi) is 2.81. The zero-order chi connectivity index (χ0) is 12.5. The molecule has 5 heteroatoms. The van der Waals surface area contributed by atoms with E-state index in [9.17, 15) is 0 Å². The number of aryl methyl sites for hydroxylation is 2. The van der Waals surface area contributed by atoms with Crippen LogP contribution in [0, 0.1) is 0 Å². The Labute approximate surface area is 107 Å². The zero-order valence-corrected chi connectivity index (χ0v) is 10.9. The molecule has 5 nitrogen and oxygen atoms in total.